The van der Waals surface area contributed by atoms with Gasteiger partial charge in [-0.1, -0.05) is 11.6 Å². The number of amides is 2. The molecule has 2 rings (SSSR count). The first kappa shape index (κ1) is 27.1. The lowest BCUT2D eigenvalue weighted by molar-refractivity contribution is -0.140. The van der Waals surface area contributed by atoms with Gasteiger partial charge in [0.2, 0.25) is 5.91 Å². The van der Waals surface area contributed by atoms with Crippen molar-refractivity contribution in [3.05, 3.63) is 34.1 Å². The topological polar surface area (TPSA) is 90.0 Å². The molecule has 0 fully saturated rings. The van der Waals surface area contributed by atoms with Crippen LogP contribution in [0, 0.1) is 5.82 Å². The van der Waals surface area contributed by atoms with Crippen molar-refractivity contribution in [3.8, 4) is 0 Å². The highest BCUT2D eigenvalue weighted by atomic mass is 35.5. The Morgan fingerprint density at radius 3 is 2.30 bits per heavy atom. The first-order chi connectivity index (χ1) is 15.7. The van der Waals surface area contributed by atoms with Crippen molar-refractivity contribution in [3.63, 3.8) is 0 Å². The van der Waals surface area contributed by atoms with Crippen LogP contribution in [-0.2, 0) is 28.7 Å². The maximum atomic E-state index is 14.9. The summed E-state index contributed by atoms with van der Waals surface area (Å²) >= 11 is 12.8. The molecule has 0 unspecified atom stereocenters. The summed E-state index contributed by atoms with van der Waals surface area (Å²) in [7, 11) is 0. The highest BCUT2D eigenvalue weighted by molar-refractivity contribution is 8.00. The molecule has 7 nitrogen and oxygen atoms in total. The van der Waals surface area contributed by atoms with Crippen molar-refractivity contribution < 1.29 is 33.0 Å². The van der Waals surface area contributed by atoms with Gasteiger partial charge in [-0.05, 0) is 51.7 Å². The lowest BCUT2D eigenvalue weighted by Gasteiger charge is -2.26. The second-order valence-corrected chi connectivity index (χ2v) is 8.57. The molecule has 1 aliphatic carbocycles. The second-order valence-electron chi connectivity index (χ2n) is 6.88. The van der Waals surface area contributed by atoms with Crippen LogP contribution < -0.4 is 4.90 Å². The summed E-state index contributed by atoms with van der Waals surface area (Å²) < 4.78 is 24.8. The molecule has 0 radical (unpaired) electrons. The second kappa shape index (κ2) is 13.0. The van der Waals surface area contributed by atoms with Crippen molar-refractivity contribution in [2.45, 2.75) is 44.4 Å². The van der Waals surface area contributed by atoms with Crippen LogP contribution in [0.25, 0.3) is 0 Å². The van der Waals surface area contributed by atoms with Gasteiger partial charge in [-0.3, -0.25) is 14.4 Å². The Morgan fingerprint density at radius 2 is 1.70 bits per heavy atom. The molecule has 0 atom stereocenters. The maximum Gasteiger partial charge on any atom is 0.334 e. The monoisotopic (exact) mass is 519 g/mol. The van der Waals surface area contributed by atoms with Crippen LogP contribution in [0.15, 0.2) is 28.2 Å². The third-order valence-corrected chi connectivity index (χ3v) is 6.39. The minimum absolute atomic E-state index is 0.000337. The smallest absolute Gasteiger partial charge is 0.334 e. The fourth-order valence-corrected chi connectivity index (χ4v) is 4.46. The largest absolute Gasteiger partial charge is 0.465 e. The van der Waals surface area contributed by atoms with Gasteiger partial charge in [0.15, 0.2) is 0 Å². The highest BCUT2D eigenvalue weighted by Gasteiger charge is 2.33. The number of thioether (sulfide) groups is 1. The van der Waals surface area contributed by atoms with Crippen LogP contribution in [0.3, 0.4) is 0 Å². The number of hydrogen-bond acceptors (Lipinski definition) is 7. The van der Waals surface area contributed by atoms with Gasteiger partial charge in [-0.15, -0.1) is 23.4 Å². The number of esters is 2. The molecule has 1 aromatic carbocycles. The van der Waals surface area contributed by atoms with E-state index < -0.39 is 35.5 Å². The third-order valence-electron chi connectivity index (χ3n) is 4.71. The lowest BCUT2D eigenvalue weighted by atomic mass is 9.90. The Bertz CT molecular complexity index is 968. The van der Waals surface area contributed by atoms with Gasteiger partial charge in [0.1, 0.15) is 11.7 Å². The van der Waals surface area contributed by atoms with E-state index in [0.717, 1.165) is 17.8 Å². The van der Waals surface area contributed by atoms with E-state index in [9.17, 15) is 23.6 Å². The summed E-state index contributed by atoms with van der Waals surface area (Å²) in [4.78, 5) is 51.0. The molecule has 0 bridgehead atoms. The zero-order chi connectivity index (χ0) is 24.5. The Balaban J connectivity index is 2.50. The van der Waals surface area contributed by atoms with Crippen molar-refractivity contribution in [1.29, 1.82) is 0 Å². The van der Waals surface area contributed by atoms with Gasteiger partial charge in [0.25, 0.3) is 5.91 Å². The zero-order valence-electron chi connectivity index (χ0n) is 18.3. The van der Waals surface area contributed by atoms with E-state index in [4.69, 9.17) is 32.7 Å². The molecule has 0 saturated carbocycles. The molecule has 0 aromatic heterocycles. The van der Waals surface area contributed by atoms with Crippen LogP contribution in [0.4, 0.5) is 10.1 Å². The molecule has 0 spiro atoms. The molecule has 0 saturated heterocycles. The van der Waals surface area contributed by atoms with Gasteiger partial charge >= 0.3 is 11.9 Å². The summed E-state index contributed by atoms with van der Waals surface area (Å²) in [5.41, 5.74) is -0.109. The maximum absolute atomic E-state index is 14.9. The molecule has 180 valence electrons. The van der Waals surface area contributed by atoms with Crippen molar-refractivity contribution in [2.75, 3.05) is 29.7 Å². The summed E-state index contributed by atoms with van der Waals surface area (Å²) in [6.07, 6.45) is 1.85. The van der Waals surface area contributed by atoms with E-state index in [-0.39, 0.29) is 52.1 Å². The number of benzene rings is 1. The number of rotatable bonds is 9. The molecule has 2 amide bonds. The first-order valence-electron chi connectivity index (χ1n) is 10.3. The number of nitrogens with zero attached hydrogens (tertiary/aromatic N) is 1. The van der Waals surface area contributed by atoms with Gasteiger partial charge in [0, 0.05) is 16.0 Å². The van der Waals surface area contributed by atoms with Crippen molar-refractivity contribution >= 4 is 64.4 Å². The quantitative estimate of drug-likeness (QED) is 0.266. The number of carbonyl (C=O) groups is 4. The Hall–Kier alpha value is -2.10. The number of hydrogen-bond donors (Lipinski definition) is 0. The number of alkyl halides is 1. The molecule has 1 aliphatic rings. The summed E-state index contributed by atoms with van der Waals surface area (Å²) in [6.45, 7) is 3.63. The molecule has 1 aromatic rings. The number of imide groups is 1. The van der Waals surface area contributed by atoms with E-state index in [1.54, 1.807) is 13.8 Å². The first-order valence-corrected chi connectivity index (χ1v) is 12.2. The Kier molecular flexibility index (Phi) is 10.7. The van der Waals surface area contributed by atoms with E-state index in [0.29, 0.717) is 24.2 Å². The molecule has 0 aliphatic heterocycles. The van der Waals surface area contributed by atoms with Crippen LogP contribution in [0.1, 0.15) is 39.5 Å². The van der Waals surface area contributed by atoms with E-state index in [1.165, 1.54) is 6.07 Å². The van der Waals surface area contributed by atoms with E-state index in [1.807, 2.05) is 0 Å². The third kappa shape index (κ3) is 6.94. The predicted molar refractivity (Wildman–Crippen MR) is 124 cm³/mol. The Labute approximate surface area is 205 Å². The van der Waals surface area contributed by atoms with Gasteiger partial charge < -0.3 is 9.47 Å². The van der Waals surface area contributed by atoms with Crippen LogP contribution >= 0.6 is 35.0 Å². The molecule has 0 heterocycles. The fourth-order valence-electron chi connectivity index (χ4n) is 3.28. The molecule has 11 heteroatoms. The molecule has 33 heavy (non-hydrogen) atoms. The SMILES string of the molecule is CCOC(=O)CSc1cc(N(C(=O)CCl)C(=O)C2=C(C(=O)OCC)CCCC2)c(F)cc1Cl. The van der Waals surface area contributed by atoms with E-state index in [2.05, 4.69) is 0 Å². The number of anilines is 1. The average molecular weight is 520 g/mol. The van der Waals surface area contributed by atoms with Crippen molar-refractivity contribution in [2.24, 2.45) is 0 Å². The summed E-state index contributed by atoms with van der Waals surface area (Å²) in [5, 5.41) is 0.000337. The van der Waals surface area contributed by atoms with Crippen LogP contribution in [-0.4, -0.2) is 48.6 Å². The minimum atomic E-state index is -0.929. The number of halogens is 3. The minimum Gasteiger partial charge on any atom is -0.465 e. The number of carbonyl (C=O) groups excluding carboxylic acids is 4. The summed E-state index contributed by atoms with van der Waals surface area (Å²) in [5.74, 6) is -4.48. The number of ether oxygens (including phenoxy) is 2. The highest BCUT2D eigenvalue weighted by Crippen LogP contribution is 2.36. The molecular formula is C22H24Cl2FNO6S. The van der Waals surface area contributed by atoms with Gasteiger partial charge in [-0.2, -0.15) is 0 Å². The lowest BCUT2D eigenvalue weighted by Crippen LogP contribution is -2.40. The molecule has 0 N–H and O–H groups in total. The standard InChI is InChI=1S/C22H24Cl2FNO6S/c1-3-31-20(28)12-33-18-10-17(16(25)9-15(18)24)26(19(27)11-23)21(29)13-7-5-6-8-14(13)22(30)32-4-2/h9-10H,3-8,11-12H2,1-2H3. The van der Waals surface area contributed by atoms with E-state index >= 15 is 0 Å². The Morgan fingerprint density at radius 1 is 1.06 bits per heavy atom. The van der Waals surface area contributed by atoms with Crippen LogP contribution in [0.5, 0.6) is 0 Å². The van der Waals surface area contributed by atoms with Gasteiger partial charge in [0.05, 0.1) is 29.7 Å². The fraction of sp³-hybridized carbons (Fsp3) is 0.455. The van der Waals surface area contributed by atoms with Crippen LogP contribution in [0.2, 0.25) is 5.02 Å². The summed E-state index contributed by atoms with van der Waals surface area (Å²) in [6, 6.07) is 2.16. The average Bonchev–Trinajstić information content (AvgIpc) is 2.79. The van der Waals surface area contributed by atoms with Crippen molar-refractivity contribution in [1.82, 2.24) is 0 Å². The molecular weight excluding hydrogens is 496 g/mol. The normalized spacial score (nSPS) is 13.5. The predicted octanol–water partition coefficient (Wildman–Crippen LogP) is 4.67. The van der Waals surface area contributed by atoms with Gasteiger partial charge in [-0.25, -0.2) is 14.1 Å². The zero-order valence-corrected chi connectivity index (χ0v) is 20.6.